The van der Waals surface area contributed by atoms with E-state index >= 15 is 0 Å². The Morgan fingerprint density at radius 3 is 2.62 bits per heavy atom. The smallest absolute Gasteiger partial charge is 0.315 e. The molecule has 1 rings (SSSR count). The molecule has 46 valence electrons. The summed E-state index contributed by atoms with van der Waals surface area (Å²) in [5.74, 6) is 0. The first-order chi connectivity index (χ1) is 3.83. The van der Waals surface area contributed by atoms with Crippen LogP contribution in [-0.4, -0.2) is 9.96 Å². The SMILES string of the molecule is O=IC(=O)NC1CC1. The molecule has 0 radical (unpaired) electrons. The van der Waals surface area contributed by atoms with Gasteiger partial charge in [0.25, 0.3) is 0 Å². The van der Waals surface area contributed by atoms with Crippen molar-refractivity contribution in [2.45, 2.75) is 18.9 Å². The maximum Gasteiger partial charge on any atom is 0.315 e. The number of carbonyl (C=O) groups excluding carboxylic acids is 1. The van der Waals surface area contributed by atoms with E-state index in [1.807, 2.05) is 0 Å². The van der Waals surface area contributed by atoms with Crippen LogP contribution >= 0.6 is 21.2 Å². The van der Waals surface area contributed by atoms with Gasteiger partial charge in [0, 0.05) is 6.04 Å². The van der Waals surface area contributed by atoms with Gasteiger partial charge in [-0.25, -0.2) is 0 Å². The highest BCUT2D eigenvalue weighted by Crippen LogP contribution is 2.19. The predicted molar refractivity (Wildman–Crippen MR) is 36.3 cm³/mol. The second-order valence-electron chi connectivity index (χ2n) is 1.77. The molecule has 3 nitrogen and oxygen atoms in total. The molecule has 1 N–H and O–H groups in total. The van der Waals surface area contributed by atoms with Crippen molar-refractivity contribution in [3.63, 3.8) is 0 Å². The van der Waals surface area contributed by atoms with E-state index in [1.165, 1.54) is 0 Å². The molecule has 8 heavy (non-hydrogen) atoms. The summed E-state index contributed by atoms with van der Waals surface area (Å²) in [6.07, 6.45) is 2.13. The third-order valence-electron chi connectivity index (χ3n) is 0.965. The number of hydrogen-bond acceptors (Lipinski definition) is 2. The lowest BCUT2D eigenvalue weighted by Gasteiger charge is -1.89. The minimum absolute atomic E-state index is 0.258. The van der Waals surface area contributed by atoms with Gasteiger partial charge in [-0.1, -0.05) is 0 Å². The molecule has 0 aromatic carbocycles. The van der Waals surface area contributed by atoms with Gasteiger partial charge in [-0.2, -0.15) is 0 Å². The first-order valence-corrected chi connectivity index (χ1v) is 4.36. The highest BCUT2D eigenvalue weighted by molar-refractivity contribution is 14.2. The first kappa shape index (κ1) is 6.12. The monoisotopic (exact) mass is 227 g/mol. The quantitative estimate of drug-likeness (QED) is 0.437. The molecule has 0 heterocycles. The van der Waals surface area contributed by atoms with Gasteiger partial charge in [-0.05, 0) is 12.8 Å². The molecule has 1 fully saturated rings. The lowest BCUT2D eigenvalue weighted by molar-refractivity contribution is 0.262. The van der Waals surface area contributed by atoms with Gasteiger partial charge >= 0.3 is 3.91 Å². The lowest BCUT2D eigenvalue weighted by atomic mass is 10.7. The first-order valence-electron chi connectivity index (χ1n) is 2.40. The second kappa shape index (κ2) is 2.52. The maximum atomic E-state index is 10.3. The Morgan fingerprint density at radius 2 is 2.25 bits per heavy atom. The standard InChI is InChI=1S/C4H6INO2/c7-4(5-8)6-3-1-2-3/h3H,1-2H2,(H,6,7). The normalized spacial score (nSPS) is 18.0. The van der Waals surface area contributed by atoms with Gasteiger partial charge in [0.1, 0.15) is 0 Å². The zero-order valence-corrected chi connectivity index (χ0v) is 6.34. The van der Waals surface area contributed by atoms with E-state index in [1.54, 1.807) is 0 Å². The zero-order chi connectivity index (χ0) is 5.98. The predicted octanol–water partition coefficient (Wildman–Crippen LogP) is 1.17. The van der Waals surface area contributed by atoms with Crippen LogP contribution in [0.4, 0.5) is 4.79 Å². The van der Waals surface area contributed by atoms with E-state index in [9.17, 15) is 7.86 Å². The van der Waals surface area contributed by atoms with Crippen LogP contribution < -0.4 is 5.32 Å². The average molecular weight is 227 g/mol. The van der Waals surface area contributed by atoms with E-state index in [-0.39, 0.29) is 3.91 Å². The summed E-state index contributed by atoms with van der Waals surface area (Å²) in [6, 6.07) is 0.358. The summed E-state index contributed by atoms with van der Waals surface area (Å²) in [4.78, 5) is 10.3. The molecule has 0 spiro atoms. The Morgan fingerprint density at radius 1 is 1.62 bits per heavy atom. The van der Waals surface area contributed by atoms with Crippen LogP contribution in [0.1, 0.15) is 12.8 Å². The Hall–Kier alpha value is 0. The minimum atomic E-state index is -1.45. The lowest BCUT2D eigenvalue weighted by Crippen LogP contribution is -2.18. The summed E-state index contributed by atoms with van der Waals surface area (Å²) < 4.78 is 9.63. The molecule has 4 heteroatoms. The summed E-state index contributed by atoms with van der Waals surface area (Å²) in [6.45, 7) is 0. The van der Waals surface area contributed by atoms with Crippen LogP contribution in [-0.2, 0) is 3.07 Å². The Kier molecular flexibility index (Phi) is 1.93. The summed E-state index contributed by atoms with van der Waals surface area (Å²) >= 11 is -1.45. The third kappa shape index (κ3) is 1.85. The number of amides is 1. The van der Waals surface area contributed by atoms with Crippen molar-refractivity contribution < 1.29 is 7.86 Å². The largest absolute Gasteiger partial charge is 0.342 e. The van der Waals surface area contributed by atoms with Crippen LogP contribution in [0.3, 0.4) is 0 Å². The molecule has 1 saturated carbocycles. The fourth-order valence-corrected chi connectivity index (χ4v) is 0.978. The van der Waals surface area contributed by atoms with Gasteiger partial charge in [0.15, 0.2) is 0 Å². The molecule has 1 aliphatic rings. The van der Waals surface area contributed by atoms with Crippen molar-refractivity contribution in [3.8, 4) is 0 Å². The number of halogens is 1. The summed E-state index contributed by atoms with van der Waals surface area (Å²) in [5, 5.41) is 2.60. The van der Waals surface area contributed by atoms with E-state index in [4.69, 9.17) is 0 Å². The van der Waals surface area contributed by atoms with Crippen molar-refractivity contribution in [2.75, 3.05) is 0 Å². The molecule has 0 unspecified atom stereocenters. The van der Waals surface area contributed by atoms with Gasteiger partial charge < -0.3 is 5.32 Å². The highest BCUT2D eigenvalue weighted by atomic mass is 127. The van der Waals surface area contributed by atoms with Gasteiger partial charge in [0.05, 0.1) is 0 Å². The Balaban J connectivity index is 2.16. The number of carbonyl (C=O) groups is 1. The molecule has 0 aromatic rings. The molecular weight excluding hydrogens is 221 g/mol. The third-order valence-corrected chi connectivity index (χ3v) is 1.68. The average Bonchev–Trinajstić information content (AvgIpc) is 2.50. The number of rotatable bonds is 2. The molecule has 0 aromatic heterocycles. The van der Waals surface area contributed by atoms with Crippen LogP contribution in [0.5, 0.6) is 0 Å². The fourth-order valence-electron chi connectivity index (χ4n) is 0.410. The van der Waals surface area contributed by atoms with Gasteiger partial charge in [0.2, 0.25) is 21.2 Å². The van der Waals surface area contributed by atoms with Crippen molar-refractivity contribution in [2.24, 2.45) is 0 Å². The molecule has 1 aliphatic carbocycles. The zero-order valence-electron chi connectivity index (χ0n) is 4.19. The van der Waals surface area contributed by atoms with Crippen LogP contribution in [0.2, 0.25) is 0 Å². The Bertz CT molecular complexity index is 121. The fraction of sp³-hybridized carbons (Fsp3) is 0.750. The van der Waals surface area contributed by atoms with E-state index in [2.05, 4.69) is 5.32 Å². The maximum absolute atomic E-state index is 10.3. The second-order valence-corrected chi connectivity index (χ2v) is 3.19. The number of nitrogens with one attached hydrogen (secondary N) is 1. The number of hydrogen-bond donors (Lipinski definition) is 1. The van der Waals surface area contributed by atoms with Crippen LogP contribution in [0.15, 0.2) is 0 Å². The van der Waals surface area contributed by atoms with Crippen molar-refractivity contribution >= 4 is 25.1 Å². The Labute approximate surface area is 57.5 Å². The minimum Gasteiger partial charge on any atom is -0.342 e. The summed E-state index contributed by atoms with van der Waals surface area (Å²) in [7, 11) is 0. The van der Waals surface area contributed by atoms with Gasteiger partial charge in [-0.3, -0.25) is 7.86 Å². The van der Waals surface area contributed by atoms with Gasteiger partial charge in [-0.15, -0.1) is 0 Å². The molecular formula is C4H6INO2. The molecule has 0 saturated heterocycles. The molecule has 1 amide bonds. The summed E-state index contributed by atoms with van der Waals surface area (Å²) in [5.41, 5.74) is 0. The molecule has 0 aliphatic heterocycles. The van der Waals surface area contributed by atoms with Crippen molar-refractivity contribution in [1.82, 2.24) is 5.32 Å². The van der Waals surface area contributed by atoms with E-state index in [0.29, 0.717) is 6.04 Å². The highest BCUT2D eigenvalue weighted by Gasteiger charge is 2.22. The van der Waals surface area contributed by atoms with E-state index < -0.39 is 21.2 Å². The van der Waals surface area contributed by atoms with E-state index in [0.717, 1.165) is 12.8 Å². The molecule has 0 bridgehead atoms. The van der Waals surface area contributed by atoms with Crippen molar-refractivity contribution in [1.29, 1.82) is 0 Å². The topological polar surface area (TPSA) is 46.2 Å². The molecule has 0 atom stereocenters. The van der Waals surface area contributed by atoms with Crippen LogP contribution in [0, 0.1) is 0 Å². The van der Waals surface area contributed by atoms with Crippen molar-refractivity contribution in [3.05, 3.63) is 0 Å². The van der Waals surface area contributed by atoms with Crippen LogP contribution in [0.25, 0.3) is 0 Å².